The van der Waals surface area contributed by atoms with E-state index in [0.29, 0.717) is 4.47 Å². The summed E-state index contributed by atoms with van der Waals surface area (Å²) in [7, 11) is 0. The first-order chi connectivity index (χ1) is 8.15. The van der Waals surface area contributed by atoms with Crippen LogP contribution in [0.3, 0.4) is 0 Å². The summed E-state index contributed by atoms with van der Waals surface area (Å²) in [5.74, 6) is -0.232. The topological polar surface area (TPSA) is 26.0 Å². The van der Waals surface area contributed by atoms with Gasteiger partial charge in [0.05, 0.1) is 4.47 Å². The molecule has 2 N–H and O–H groups in total. The van der Waals surface area contributed by atoms with Crippen LogP contribution in [0.5, 0.6) is 0 Å². The summed E-state index contributed by atoms with van der Waals surface area (Å²) in [4.78, 5) is 0. The highest BCUT2D eigenvalue weighted by Crippen LogP contribution is 2.22. The van der Waals surface area contributed by atoms with Crippen LogP contribution in [0, 0.1) is 5.82 Å². The highest BCUT2D eigenvalue weighted by atomic mass is 79.9. The molecule has 0 amide bonds. The number of unbranched alkanes of at least 4 members (excludes halogenated alkanes) is 4. The molecule has 3 heteroatoms. The number of rotatable bonds is 7. The minimum atomic E-state index is -0.232. The lowest BCUT2D eigenvalue weighted by atomic mass is 10.0. The zero-order chi connectivity index (χ0) is 12.7. The van der Waals surface area contributed by atoms with Gasteiger partial charge in [-0.05, 0) is 40.0 Å². The zero-order valence-electron chi connectivity index (χ0n) is 10.4. The molecule has 0 fully saturated rings. The molecule has 0 bridgehead atoms. The first kappa shape index (κ1) is 14.7. The lowest BCUT2D eigenvalue weighted by Crippen LogP contribution is -2.10. The second-order valence-electron chi connectivity index (χ2n) is 4.48. The Hall–Kier alpha value is -0.410. The van der Waals surface area contributed by atoms with E-state index < -0.39 is 0 Å². The van der Waals surface area contributed by atoms with Crippen LogP contribution < -0.4 is 5.73 Å². The van der Waals surface area contributed by atoms with Gasteiger partial charge in [0.25, 0.3) is 0 Å². The molecule has 1 nitrogen and oxygen atoms in total. The van der Waals surface area contributed by atoms with Gasteiger partial charge in [-0.15, -0.1) is 0 Å². The van der Waals surface area contributed by atoms with E-state index in [4.69, 9.17) is 5.73 Å². The number of hydrogen-bond donors (Lipinski definition) is 1. The fraction of sp³-hybridized carbons (Fsp3) is 0.571. The van der Waals surface area contributed by atoms with Crippen LogP contribution in [0.15, 0.2) is 22.7 Å². The van der Waals surface area contributed by atoms with Crippen molar-refractivity contribution < 1.29 is 4.39 Å². The quantitative estimate of drug-likeness (QED) is 0.709. The van der Waals surface area contributed by atoms with Crippen LogP contribution in [-0.4, -0.2) is 0 Å². The molecule has 0 spiro atoms. The monoisotopic (exact) mass is 301 g/mol. The second kappa shape index (κ2) is 7.83. The third-order valence-electron chi connectivity index (χ3n) is 2.99. The van der Waals surface area contributed by atoms with Gasteiger partial charge in [-0.1, -0.05) is 45.1 Å². The predicted molar refractivity (Wildman–Crippen MR) is 74.4 cm³/mol. The Balaban J connectivity index is 2.36. The molecular formula is C14H21BrFN. The highest BCUT2D eigenvalue weighted by Gasteiger charge is 2.08. The third kappa shape index (κ3) is 5.17. The van der Waals surface area contributed by atoms with E-state index in [0.717, 1.165) is 18.4 Å². The van der Waals surface area contributed by atoms with E-state index in [9.17, 15) is 4.39 Å². The van der Waals surface area contributed by atoms with Crippen LogP contribution in [0.4, 0.5) is 4.39 Å². The molecule has 1 rings (SSSR count). The summed E-state index contributed by atoms with van der Waals surface area (Å²) in [5, 5.41) is 0. The fourth-order valence-electron chi connectivity index (χ4n) is 1.88. The summed E-state index contributed by atoms with van der Waals surface area (Å²) in [6, 6.07) is 5.10. The van der Waals surface area contributed by atoms with E-state index in [1.807, 2.05) is 6.07 Å². The highest BCUT2D eigenvalue weighted by molar-refractivity contribution is 9.10. The number of hydrogen-bond acceptors (Lipinski definition) is 1. The smallest absolute Gasteiger partial charge is 0.137 e. The van der Waals surface area contributed by atoms with Crippen LogP contribution in [0.1, 0.15) is 57.1 Å². The first-order valence-corrected chi connectivity index (χ1v) is 7.15. The average Bonchev–Trinajstić information content (AvgIpc) is 2.32. The summed E-state index contributed by atoms with van der Waals surface area (Å²) in [6.07, 6.45) is 7.11. The fourth-order valence-corrected chi connectivity index (χ4v) is 2.12. The van der Waals surface area contributed by atoms with Crippen LogP contribution in [0.25, 0.3) is 0 Å². The van der Waals surface area contributed by atoms with Crippen LogP contribution in [-0.2, 0) is 0 Å². The number of nitrogens with two attached hydrogens (primary N) is 1. The van der Waals surface area contributed by atoms with Gasteiger partial charge in [-0.3, -0.25) is 0 Å². The van der Waals surface area contributed by atoms with Gasteiger partial charge in [0, 0.05) is 6.04 Å². The van der Waals surface area contributed by atoms with E-state index >= 15 is 0 Å². The Bertz CT molecular complexity index is 341. The SMILES string of the molecule is CCCCCCCC(N)c1ccc(Br)c(F)c1. The molecule has 0 saturated heterocycles. The largest absolute Gasteiger partial charge is 0.324 e. The molecule has 17 heavy (non-hydrogen) atoms. The molecule has 1 aromatic carbocycles. The van der Waals surface area contributed by atoms with Crippen LogP contribution in [0.2, 0.25) is 0 Å². The third-order valence-corrected chi connectivity index (χ3v) is 3.63. The summed E-state index contributed by atoms with van der Waals surface area (Å²) in [5.41, 5.74) is 6.94. The molecule has 0 radical (unpaired) electrons. The van der Waals surface area contributed by atoms with Crippen molar-refractivity contribution in [3.63, 3.8) is 0 Å². The molecule has 0 aliphatic heterocycles. The van der Waals surface area contributed by atoms with Crippen molar-refractivity contribution in [1.29, 1.82) is 0 Å². The van der Waals surface area contributed by atoms with Gasteiger partial charge >= 0.3 is 0 Å². The van der Waals surface area contributed by atoms with Gasteiger partial charge in [0.1, 0.15) is 5.82 Å². The van der Waals surface area contributed by atoms with E-state index in [2.05, 4.69) is 22.9 Å². The average molecular weight is 302 g/mol. The maximum Gasteiger partial charge on any atom is 0.137 e. The Morgan fingerprint density at radius 1 is 1.24 bits per heavy atom. The van der Waals surface area contributed by atoms with Gasteiger partial charge in [-0.2, -0.15) is 0 Å². The zero-order valence-corrected chi connectivity index (χ0v) is 12.0. The van der Waals surface area contributed by atoms with Crippen molar-refractivity contribution in [3.8, 4) is 0 Å². The number of halogens is 2. The van der Waals surface area contributed by atoms with Crippen molar-refractivity contribution in [2.75, 3.05) is 0 Å². The van der Waals surface area contributed by atoms with Crippen LogP contribution >= 0.6 is 15.9 Å². The normalized spacial score (nSPS) is 12.7. The Labute approximate surface area is 112 Å². The second-order valence-corrected chi connectivity index (χ2v) is 5.34. The predicted octanol–water partition coefficient (Wildman–Crippen LogP) is 4.95. The summed E-state index contributed by atoms with van der Waals surface area (Å²) < 4.78 is 13.8. The molecule has 0 aromatic heterocycles. The maximum absolute atomic E-state index is 13.3. The van der Waals surface area contributed by atoms with Crippen molar-refractivity contribution in [1.82, 2.24) is 0 Å². The maximum atomic E-state index is 13.3. The van der Waals surface area contributed by atoms with Gasteiger partial charge in [0.15, 0.2) is 0 Å². The van der Waals surface area contributed by atoms with E-state index in [1.165, 1.54) is 31.7 Å². The first-order valence-electron chi connectivity index (χ1n) is 6.35. The lowest BCUT2D eigenvalue weighted by molar-refractivity contribution is 0.550. The molecule has 0 heterocycles. The van der Waals surface area contributed by atoms with Gasteiger partial charge in [0.2, 0.25) is 0 Å². The standard InChI is InChI=1S/C14H21BrFN/c1-2-3-4-5-6-7-14(17)11-8-9-12(15)13(16)10-11/h8-10,14H,2-7,17H2,1H3. The molecule has 1 atom stereocenters. The van der Waals surface area contributed by atoms with Crippen molar-refractivity contribution >= 4 is 15.9 Å². The minimum Gasteiger partial charge on any atom is -0.324 e. The van der Waals surface area contributed by atoms with E-state index in [-0.39, 0.29) is 11.9 Å². The Morgan fingerprint density at radius 2 is 1.94 bits per heavy atom. The van der Waals surface area contributed by atoms with Crippen molar-refractivity contribution in [3.05, 3.63) is 34.1 Å². The summed E-state index contributed by atoms with van der Waals surface area (Å²) in [6.45, 7) is 2.20. The Kier molecular flexibility index (Phi) is 6.75. The van der Waals surface area contributed by atoms with Crippen molar-refractivity contribution in [2.24, 2.45) is 5.73 Å². The lowest BCUT2D eigenvalue weighted by Gasteiger charge is -2.12. The molecular weight excluding hydrogens is 281 g/mol. The number of benzene rings is 1. The molecule has 0 aliphatic rings. The van der Waals surface area contributed by atoms with Crippen molar-refractivity contribution in [2.45, 2.75) is 51.5 Å². The molecule has 0 saturated carbocycles. The molecule has 96 valence electrons. The molecule has 0 aliphatic carbocycles. The summed E-state index contributed by atoms with van der Waals surface area (Å²) >= 11 is 3.14. The Morgan fingerprint density at radius 3 is 2.59 bits per heavy atom. The van der Waals surface area contributed by atoms with Gasteiger partial charge in [-0.25, -0.2) is 4.39 Å². The molecule has 1 unspecified atom stereocenters. The molecule has 1 aromatic rings. The van der Waals surface area contributed by atoms with E-state index in [1.54, 1.807) is 6.07 Å². The van der Waals surface area contributed by atoms with Gasteiger partial charge < -0.3 is 5.73 Å². The minimum absolute atomic E-state index is 0.0424.